The van der Waals surface area contributed by atoms with Crippen LogP contribution in [0.2, 0.25) is 0 Å². The molecule has 0 aromatic carbocycles. The summed E-state index contributed by atoms with van der Waals surface area (Å²) in [7, 11) is 1.30. The van der Waals surface area contributed by atoms with Crippen molar-refractivity contribution in [1.82, 2.24) is 25.2 Å². The molecule has 1 fully saturated rings. The SMILES string of the molecule is C=CCn1c(=O)c(N2CCC(NC(=O)N[C@H](C(=O)OC)C(C)C)CC2)nc2cccnc21. The van der Waals surface area contributed by atoms with Crippen molar-refractivity contribution in [2.75, 3.05) is 25.1 Å². The molecular weight excluding hydrogens is 412 g/mol. The van der Waals surface area contributed by atoms with Gasteiger partial charge in [-0.1, -0.05) is 19.9 Å². The van der Waals surface area contributed by atoms with E-state index in [0.29, 0.717) is 49.5 Å². The van der Waals surface area contributed by atoms with Gasteiger partial charge in [-0.15, -0.1) is 6.58 Å². The molecule has 2 amide bonds. The summed E-state index contributed by atoms with van der Waals surface area (Å²) < 4.78 is 6.33. The fraction of sp³-hybridized carbons (Fsp3) is 0.500. The van der Waals surface area contributed by atoms with Crippen molar-refractivity contribution in [3.63, 3.8) is 0 Å². The molecule has 1 aliphatic heterocycles. The van der Waals surface area contributed by atoms with Crippen LogP contribution in [0.5, 0.6) is 0 Å². The molecule has 1 atom stereocenters. The first-order chi connectivity index (χ1) is 15.3. The number of anilines is 1. The number of hydrogen-bond donors (Lipinski definition) is 2. The number of ether oxygens (including phenoxy) is 1. The summed E-state index contributed by atoms with van der Waals surface area (Å²) in [5, 5.41) is 5.61. The predicted molar refractivity (Wildman–Crippen MR) is 122 cm³/mol. The van der Waals surface area contributed by atoms with Crippen LogP contribution in [0, 0.1) is 5.92 Å². The second-order valence-corrected chi connectivity index (χ2v) is 8.11. The second-order valence-electron chi connectivity index (χ2n) is 8.11. The molecule has 172 valence electrons. The lowest BCUT2D eigenvalue weighted by Crippen LogP contribution is -2.53. The zero-order chi connectivity index (χ0) is 23.3. The van der Waals surface area contributed by atoms with Crippen LogP contribution in [-0.2, 0) is 16.1 Å². The highest BCUT2D eigenvalue weighted by molar-refractivity contribution is 5.83. The third-order valence-electron chi connectivity index (χ3n) is 5.53. The van der Waals surface area contributed by atoms with Crippen LogP contribution in [0.15, 0.2) is 35.8 Å². The highest BCUT2D eigenvalue weighted by Crippen LogP contribution is 2.18. The number of nitrogens with zero attached hydrogens (tertiary/aromatic N) is 4. The van der Waals surface area contributed by atoms with Crippen molar-refractivity contribution in [1.29, 1.82) is 0 Å². The maximum absolute atomic E-state index is 13.1. The molecule has 10 nitrogen and oxygen atoms in total. The first-order valence-corrected chi connectivity index (χ1v) is 10.7. The topological polar surface area (TPSA) is 118 Å². The third-order valence-corrected chi connectivity index (χ3v) is 5.53. The van der Waals surface area contributed by atoms with E-state index in [4.69, 9.17) is 4.74 Å². The molecule has 0 saturated carbocycles. The Bertz CT molecular complexity index is 1040. The maximum Gasteiger partial charge on any atom is 0.328 e. The van der Waals surface area contributed by atoms with E-state index in [-0.39, 0.29) is 17.5 Å². The van der Waals surface area contributed by atoms with Gasteiger partial charge in [0, 0.05) is 31.9 Å². The zero-order valence-corrected chi connectivity index (χ0v) is 18.7. The minimum absolute atomic E-state index is 0.0748. The molecule has 1 aliphatic rings. The Morgan fingerprint density at radius 3 is 2.69 bits per heavy atom. The Hall–Kier alpha value is -3.43. The number of rotatable bonds is 7. The summed E-state index contributed by atoms with van der Waals surface area (Å²) in [4.78, 5) is 48.1. The molecule has 0 aliphatic carbocycles. The summed E-state index contributed by atoms with van der Waals surface area (Å²) in [6.07, 6.45) is 4.58. The van der Waals surface area contributed by atoms with Crippen LogP contribution in [0.3, 0.4) is 0 Å². The Morgan fingerprint density at radius 1 is 1.34 bits per heavy atom. The smallest absolute Gasteiger partial charge is 0.328 e. The van der Waals surface area contributed by atoms with Gasteiger partial charge >= 0.3 is 12.0 Å². The van der Waals surface area contributed by atoms with Crippen LogP contribution >= 0.6 is 0 Å². The molecule has 10 heteroatoms. The Labute approximate surface area is 186 Å². The number of carbonyl (C=O) groups excluding carboxylic acids is 2. The molecule has 0 bridgehead atoms. The van der Waals surface area contributed by atoms with Crippen LogP contribution in [0.4, 0.5) is 10.6 Å². The van der Waals surface area contributed by atoms with Crippen LogP contribution in [0.1, 0.15) is 26.7 Å². The van der Waals surface area contributed by atoms with Gasteiger partial charge in [-0.25, -0.2) is 19.6 Å². The number of pyridine rings is 1. The van der Waals surface area contributed by atoms with Gasteiger partial charge in [-0.3, -0.25) is 9.36 Å². The van der Waals surface area contributed by atoms with Crippen LogP contribution in [-0.4, -0.2) is 58.8 Å². The average molecular weight is 443 g/mol. The van der Waals surface area contributed by atoms with Gasteiger partial charge in [0.05, 0.1) is 7.11 Å². The van der Waals surface area contributed by atoms with Gasteiger partial charge in [-0.2, -0.15) is 0 Å². The zero-order valence-electron chi connectivity index (χ0n) is 18.7. The molecule has 2 N–H and O–H groups in total. The van der Waals surface area contributed by atoms with E-state index < -0.39 is 18.0 Å². The van der Waals surface area contributed by atoms with Gasteiger partial charge in [0.15, 0.2) is 11.5 Å². The van der Waals surface area contributed by atoms with E-state index in [1.165, 1.54) is 7.11 Å². The molecule has 3 heterocycles. The molecule has 0 unspecified atom stereocenters. The number of hydrogen-bond acceptors (Lipinski definition) is 7. The number of methoxy groups -OCH3 is 1. The van der Waals surface area contributed by atoms with Crippen molar-refractivity contribution >= 4 is 29.0 Å². The number of esters is 1. The lowest BCUT2D eigenvalue weighted by atomic mass is 10.0. The Morgan fingerprint density at radius 2 is 2.06 bits per heavy atom. The lowest BCUT2D eigenvalue weighted by Gasteiger charge is -2.33. The van der Waals surface area contributed by atoms with Gasteiger partial charge in [0.1, 0.15) is 11.6 Å². The van der Waals surface area contributed by atoms with Crippen molar-refractivity contribution in [3.8, 4) is 0 Å². The number of carbonyl (C=O) groups is 2. The molecule has 0 spiro atoms. The largest absolute Gasteiger partial charge is 0.467 e. The van der Waals surface area contributed by atoms with Crippen LogP contribution in [0.25, 0.3) is 11.2 Å². The van der Waals surface area contributed by atoms with E-state index in [9.17, 15) is 14.4 Å². The molecule has 3 rings (SSSR count). The van der Waals surface area contributed by atoms with E-state index in [1.54, 1.807) is 22.9 Å². The van der Waals surface area contributed by atoms with E-state index in [1.807, 2.05) is 24.8 Å². The molecule has 1 saturated heterocycles. The lowest BCUT2D eigenvalue weighted by molar-refractivity contribution is -0.144. The van der Waals surface area contributed by atoms with Crippen molar-refractivity contribution in [2.45, 2.75) is 45.3 Å². The van der Waals surface area contributed by atoms with Gasteiger partial charge < -0.3 is 20.3 Å². The highest BCUT2D eigenvalue weighted by Gasteiger charge is 2.28. The number of amides is 2. The minimum atomic E-state index is -0.709. The van der Waals surface area contributed by atoms with E-state index >= 15 is 0 Å². The van der Waals surface area contributed by atoms with Crippen molar-refractivity contribution in [2.24, 2.45) is 5.92 Å². The number of allylic oxidation sites excluding steroid dienone is 1. The van der Waals surface area contributed by atoms with Crippen molar-refractivity contribution < 1.29 is 14.3 Å². The maximum atomic E-state index is 13.1. The molecular formula is C22H30N6O4. The molecule has 0 radical (unpaired) electrons. The Kier molecular flexibility index (Phi) is 7.45. The number of piperidine rings is 1. The van der Waals surface area contributed by atoms with E-state index in [2.05, 4.69) is 27.2 Å². The first-order valence-electron chi connectivity index (χ1n) is 10.7. The predicted octanol–water partition coefficient (Wildman–Crippen LogP) is 1.44. The molecule has 2 aromatic heterocycles. The fourth-order valence-electron chi connectivity index (χ4n) is 3.80. The number of nitrogens with one attached hydrogen (secondary N) is 2. The number of urea groups is 1. The summed E-state index contributed by atoms with van der Waals surface area (Å²) in [5.74, 6) is -0.195. The number of fused-ring (bicyclic) bond motifs is 1. The summed E-state index contributed by atoms with van der Waals surface area (Å²) in [5.41, 5.74) is 0.962. The van der Waals surface area contributed by atoms with Gasteiger partial charge in [0.2, 0.25) is 0 Å². The standard InChI is InChI=1S/C22H30N6O4/c1-5-11-28-18-16(7-6-10-23-18)25-19(20(28)29)27-12-8-15(9-13-27)24-22(31)26-17(14(2)3)21(30)32-4/h5-7,10,14-15,17H,1,8-9,11-13H2,2-4H3,(H2,24,26,31)/t17-/m0/s1. The third kappa shape index (κ3) is 5.06. The fourth-order valence-corrected chi connectivity index (χ4v) is 3.80. The monoisotopic (exact) mass is 442 g/mol. The normalized spacial score (nSPS) is 15.4. The first kappa shape index (κ1) is 23.2. The molecule has 2 aromatic rings. The summed E-state index contributed by atoms with van der Waals surface area (Å²) in [6.45, 7) is 8.89. The minimum Gasteiger partial charge on any atom is -0.467 e. The average Bonchev–Trinajstić information content (AvgIpc) is 2.79. The summed E-state index contributed by atoms with van der Waals surface area (Å²) in [6, 6.07) is 2.43. The number of aromatic nitrogens is 3. The second kappa shape index (κ2) is 10.3. The molecule has 32 heavy (non-hydrogen) atoms. The highest BCUT2D eigenvalue weighted by atomic mass is 16.5. The van der Waals surface area contributed by atoms with Crippen molar-refractivity contribution in [3.05, 3.63) is 41.3 Å². The van der Waals surface area contributed by atoms with Gasteiger partial charge in [0.25, 0.3) is 5.56 Å². The van der Waals surface area contributed by atoms with Gasteiger partial charge in [-0.05, 0) is 30.9 Å². The Balaban J connectivity index is 1.67. The van der Waals surface area contributed by atoms with E-state index in [0.717, 1.165) is 0 Å². The quantitative estimate of drug-likeness (QED) is 0.492. The summed E-state index contributed by atoms with van der Waals surface area (Å²) >= 11 is 0. The van der Waals surface area contributed by atoms with Crippen LogP contribution < -0.4 is 21.1 Å².